The quantitative estimate of drug-likeness (QED) is 0.251. The summed E-state index contributed by atoms with van der Waals surface area (Å²) in [5.41, 5.74) is 2.71. The Kier molecular flexibility index (Phi) is 6.95. The molecule has 0 fully saturated rings. The normalized spacial score (nSPS) is 15.5. The number of hydrogen-bond donors (Lipinski definition) is 1. The van der Waals surface area contributed by atoms with Crippen LogP contribution in [0.2, 0.25) is 5.02 Å². The molecule has 0 saturated heterocycles. The van der Waals surface area contributed by atoms with Crippen molar-refractivity contribution in [3.05, 3.63) is 112 Å². The Morgan fingerprint density at radius 2 is 1.71 bits per heavy atom. The molecule has 2 heterocycles. The number of carbonyl (C=O) groups excluding carboxylic acids is 2. The average Bonchev–Trinajstić information content (AvgIpc) is 3.45. The number of benzene rings is 3. The van der Waals surface area contributed by atoms with E-state index in [1.807, 2.05) is 24.3 Å². The number of fused-ring (bicyclic) bond motifs is 1. The van der Waals surface area contributed by atoms with E-state index in [2.05, 4.69) is 18.7 Å². The van der Waals surface area contributed by atoms with Crippen molar-refractivity contribution in [3.63, 3.8) is 0 Å². The van der Waals surface area contributed by atoms with Crippen molar-refractivity contribution in [2.75, 3.05) is 18.0 Å². The molecule has 1 atom stereocenters. The van der Waals surface area contributed by atoms with Gasteiger partial charge in [0.1, 0.15) is 11.4 Å². The first kappa shape index (κ1) is 25.5. The van der Waals surface area contributed by atoms with Gasteiger partial charge in [0, 0.05) is 35.7 Å². The molecular formula is C30H26ClFN2O4. The molecule has 38 heavy (non-hydrogen) atoms. The Hall–Kier alpha value is -4.10. The first-order valence-corrected chi connectivity index (χ1v) is 12.8. The molecule has 5 rings (SSSR count). The Bertz CT molecular complexity index is 1540. The van der Waals surface area contributed by atoms with Gasteiger partial charge in [0.05, 0.1) is 11.6 Å². The number of furan rings is 1. The van der Waals surface area contributed by atoms with E-state index in [1.54, 1.807) is 36.4 Å². The number of hydrogen-bond acceptors (Lipinski definition) is 5. The Labute approximate surface area is 224 Å². The van der Waals surface area contributed by atoms with Crippen LogP contribution in [-0.4, -0.2) is 34.8 Å². The van der Waals surface area contributed by atoms with Crippen molar-refractivity contribution >= 4 is 39.9 Å². The molecule has 0 radical (unpaired) electrons. The highest BCUT2D eigenvalue weighted by atomic mass is 35.5. The van der Waals surface area contributed by atoms with Crippen molar-refractivity contribution < 1.29 is 23.5 Å². The van der Waals surface area contributed by atoms with Crippen molar-refractivity contribution in [2.45, 2.75) is 26.4 Å². The van der Waals surface area contributed by atoms with Crippen LogP contribution in [0, 0.1) is 5.82 Å². The summed E-state index contributed by atoms with van der Waals surface area (Å²) in [6.45, 7) is 5.85. The van der Waals surface area contributed by atoms with Crippen molar-refractivity contribution in [3.8, 4) is 0 Å². The van der Waals surface area contributed by atoms with Gasteiger partial charge in [-0.25, -0.2) is 4.39 Å². The highest BCUT2D eigenvalue weighted by molar-refractivity contribution is 6.31. The first-order chi connectivity index (χ1) is 18.3. The fourth-order valence-corrected chi connectivity index (χ4v) is 5.08. The van der Waals surface area contributed by atoms with Gasteiger partial charge in [0.25, 0.3) is 5.91 Å². The second-order valence-electron chi connectivity index (χ2n) is 9.11. The van der Waals surface area contributed by atoms with Gasteiger partial charge >= 0.3 is 0 Å². The van der Waals surface area contributed by atoms with Crippen LogP contribution in [0.1, 0.15) is 41.6 Å². The number of ketones is 1. The third-order valence-corrected chi connectivity index (χ3v) is 7.09. The number of anilines is 1. The van der Waals surface area contributed by atoms with E-state index in [4.69, 9.17) is 16.0 Å². The van der Waals surface area contributed by atoms with Gasteiger partial charge in [-0.15, -0.1) is 0 Å². The largest absolute Gasteiger partial charge is 0.503 e. The van der Waals surface area contributed by atoms with Crippen LogP contribution in [0.4, 0.5) is 10.1 Å². The molecule has 1 aliphatic rings. The average molecular weight is 533 g/mol. The molecule has 3 aromatic carbocycles. The van der Waals surface area contributed by atoms with Crippen molar-refractivity contribution in [1.29, 1.82) is 0 Å². The summed E-state index contributed by atoms with van der Waals surface area (Å²) in [5, 5.41) is 12.1. The predicted molar refractivity (Wildman–Crippen MR) is 145 cm³/mol. The van der Waals surface area contributed by atoms with Crippen LogP contribution in [0.25, 0.3) is 11.0 Å². The standard InChI is InChI=1S/C30H26ClFN2O4/c1-3-33(4-2)23-12-7-19(8-13-23)27-26(28(35)25-16-20-15-21(31)9-14-24(20)38-25)29(36)30(37)34(27)17-18-5-10-22(32)11-6-18/h5-16,27,36H,3-4,17H2,1-2H3. The van der Waals surface area contributed by atoms with Crippen molar-refractivity contribution in [1.82, 2.24) is 4.90 Å². The van der Waals surface area contributed by atoms with Gasteiger partial charge in [0.2, 0.25) is 5.78 Å². The van der Waals surface area contributed by atoms with Gasteiger partial charge in [-0.05, 0) is 73.5 Å². The summed E-state index contributed by atoms with van der Waals surface area (Å²) in [4.78, 5) is 30.7. The maximum atomic E-state index is 13.8. The lowest BCUT2D eigenvalue weighted by Crippen LogP contribution is -2.30. The summed E-state index contributed by atoms with van der Waals surface area (Å²) in [6.07, 6.45) is 0. The lowest BCUT2D eigenvalue weighted by molar-refractivity contribution is -0.130. The number of aliphatic hydroxyl groups excluding tert-OH is 1. The third kappa shape index (κ3) is 4.65. The van der Waals surface area contributed by atoms with Crippen LogP contribution in [0.15, 0.2) is 88.5 Å². The van der Waals surface area contributed by atoms with Crippen LogP contribution in [0.3, 0.4) is 0 Å². The fourth-order valence-electron chi connectivity index (χ4n) is 4.90. The highest BCUT2D eigenvalue weighted by Gasteiger charge is 2.44. The Morgan fingerprint density at radius 1 is 1.03 bits per heavy atom. The predicted octanol–water partition coefficient (Wildman–Crippen LogP) is 6.85. The molecule has 0 saturated carbocycles. The monoisotopic (exact) mass is 532 g/mol. The van der Waals surface area contributed by atoms with E-state index in [1.165, 1.54) is 17.0 Å². The zero-order valence-corrected chi connectivity index (χ0v) is 21.7. The third-order valence-electron chi connectivity index (χ3n) is 6.85. The SMILES string of the molecule is CCN(CC)c1ccc(C2C(C(=O)c3cc4cc(Cl)ccc4o3)=C(O)C(=O)N2Cc2ccc(F)cc2)cc1. The maximum Gasteiger partial charge on any atom is 0.290 e. The van der Waals surface area contributed by atoms with E-state index < -0.39 is 29.3 Å². The zero-order chi connectivity index (χ0) is 27.0. The molecule has 1 unspecified atom stereocenters. The molecule has 1 aliphatic heterocycles. The van der Waals surface area contributed by atoms with E-state index in [9.17, 15) is 19.1 Å². The van der Waals surface area contributed by atoms with Crippen LogP contribution in [0.5, 0.6) is 0 Å². The second kappa shape index (κ2) is 10.3. The Balaban J connectivity index is 1.58. The molecule has 1 N–H and O–H groups in total. The molecule has 1 amide bonds. The highest BCUT2D eigenvalue weighted by Crippen LogP contribution is 2.41. The van der Waals surface area contributed by atoms with E-state index in [0.717, 1.165) is 18.8 Å². The number of rotatable bonds is 8. The summed E-state index contributed by atoms with van der Waals surface area (Å²) >= 11 is 6.09. The van der Waals surface area contributed by atoms with Gasteiger partial charge in [-0.1, -0.05) is 35.9 Å². The van der Waals surface area contributed by atoms with Gasteiger partial charge in [-0.2, -0.15) is 0 Å². The molecular weight excluding hydrogens is 507 g/mol. The maximum absolute atomic E-state index is 13.8. The van der Waals surface area contributed by atoms with E-state index in [-0.39, 0.29) is 17.9 Å². The minimum absolute atomic E-state index is 0.00925. The topological polar surface area (TPSA) is 74.0 Å². The van der Waals surface area contributed by atoms with E-state index in [0.29, 0.717) is 27.1 Å². The molecule has 4 aromatic rings. The molecule has 8 heteroatoms. The summed E-state index contributed by atoms with van der Waals surface area (Å²) in [6, 6.07) is 19.0. The Morgan fingerprint density at radius 3 is 2.37 bits per heavy atom. The minimum atomic E-state index is -0.873. The van der Waals surface area contributed by atoms with Crippen LogP contribution in [-0.2, 0) is 11.3 Å². The number of halogens is 2. The smallest absolute Gasteiger partial charge is 0.290 e. The van der Waals surface area contributed by atoms with Crippen LogP contribution < -0.4 is 4.90 Å². The summed E-state index contributed by atoms with van der Waals surface area (Å²) in [5.74, 6) is -2.32. The second-order valence-corrected chi connectivity index (χ2v) is 9.55. The van der Waals surface area contributed by atoms with Gasteiger partial charge in [0.15, 0.2) is 11.5 Å². The number of aliphatic hydroxyl groups is 1. The van der Waals surface area contributed by atoms with Crippen LogP contribution >= 0.6 is 11.6 Å². The first-order valence-electron chi connectivity index (χ1n) is 12.4. The molecule has 6 nitrogen and oxygen atoms in total. The number of amides is 1. The molecule has 0 aliphatic carbocycles. The lowest BCUT2D eigenvalue weighted by Gasteiger charge is -2.28. The van der Waals surface area contributed by atoms with Gasteiger partial charge in [-0.3, -0.25) is 9.59 Å². The number of nitrogens with zero attached hydrogens (tertiary/aromatic N) is 2. The summed E-state index contributed by atoms with van der Waals surface area (Å²) < 4.78 is 19.3. The fraction of sp³-hybridized carbons (Fsp3) is 0.200. The van der Waals surface area contributed by atoms with E-state index >= 15 is 0 Å². The minimum Gasteiger partial charge on any atom is -0.503 e. The molecule has 194 valence electrons. The van der Waals surface area contributed by atoms with Crippen molar-refractivity contribution in [2.24, 2.45) is 0 Å². The molecule has 0 bridgehead atoms. The zero-order valence-electron chi connectivity index (χ0n) is 20.9. The summed E-state index contributed by atoms with van der Waals surface area (Å²) in [7, 11) is 0. The molecule has 1 aromatic heterocycles. The molecule has 0 spiro atoms. The number of Topliss-reactive ketones (excluding diaryl/α,β-unsaturated/α-hetero) is 1. The number of carbonyl (C=O) groups is 2. The lowest BCUT2D eigenvalue weighted by atomic mass is 9.94. The van der Waals surface area contributed by atoms with Gasteiger partial charge < -0.3 is 19.3 Å².